The van der Waals surface area contributed by atoms with E-state index < -0.39 is 5.91 Å². The van der Waals surface area contributed by atoms with Crippen molar-refractivity contribution >= 4 is 11.8 Å². The summed E-state index contributed by atoms with van der Waals surface area (Å²) in [5.41, 5.74) is 2.13. The van der Waals surface area contributed by atoms with Crippen LogP contribution in [0.1, 0.15) is 30.9 Å². The molecule has 0 atom stereocenters. The van der Waals surface area contributed by atoms with Crippen LogP contribution in [0.2, 0.25) is 0 Å². The number of terminal acetylenes is 1. The number of carbonyl (C=O) groups excluding carboxylic acids is 2. The summed E-state index contributed by atoms with van der Waals surface area (Å²) in [5.74, 6) is 1.37. The molecule has 0 heterocycles. The summed E-state index contributed by atoms with van der Waals surface area (Å²) in [6.45, 7) is 4.03. The number of hydrogen-bond donors (Lipinski definition) is 1. The Balaban J connectivity index is 2.29. The van der Waals surface area contributed by atoms with Crippen LogP contribution in [0.15, 0.2) is 60.7 Å². The molecule has 0 radical (unpaired) electrons. The van der Waals surface area contributed by atoms with Gasteiger partial charge in [0, 0.05) is 18.5 Å². The van der Waals surface area contributed by atoms with E-state index in [1.165, 1.54) is 4.90 Å². The van der Waals surface area contributed by atoms with Crippen LogP contribution in [0.5, 0.6) is 0 Å². The molecule has 0 bridgehead atoms. The van der Waals surface area contributed by atoms with Crippen molar-refractivity contribution in [2.24, 2.45) is 0 Å². The van der Waals surface area contributed by atoms with Crippen LogP contribution >= 0.6 is 0 Å². The van der Waals surface area contributed by atoms with E-state index in [1.54, 1.807) is 0 Å². The van der Waals surface area contributed by atoms with Gasteiger partial charge in [-0.1, -0.05) is 60.7 Å². The molecule has 0 aliphatic carbocycles. The number of hydrogen-bond acceptors (Lipinski definition) is 2. The molecule has 134 valence electrons. The lowest BCUT2D eigenvalue weighted by Crippen LogP contribution is -2.44. The minimum atomic E-state index is -0.485. The normalized spacial score (nSPS) is 10.4. The van der Waals surface area contributed by atoms with Gasteiger partial charge in [-0.3, -0.25) is 9.59 Å². The Hall–Kier alpha value is -3.06. The van der Waals surface area contributed by atoms with Gasteiger partial charge in [0.15, 0.2) is 0 Å². The van der Waals surface area contributed by atoms with Crippen LogP contribution < -0.4 is 5.32 Å². The Labute approximate surface area is 155 Å². The SMILES string of the molecule is C#CC(=O)N(CC(=O)NC(C)C)CC(c1ccccc1)c1ccccc1. The number of benzene rings is 2. The third-order valence-corrected chi connectivity index (χ3v) is 4.00. The van der Waals surface area contributed by atoms with E-state index in [0.717, 1.165) is 11.1 Å². The van der Waals surface area contributed by atoms with Crippen LogP contribution in [0, 0.1) is 12.3 Å². The molecule has 2 aromatic carbocycles. The van der Waals surface area contributed by atoms with Gasteiger partial charge in [0.2, 0.25) is 5.91 Å². The maximum Gasteiger partial charge on any atom is 0.298 e. The van der Waals surface area contributed by atoms with Gasteiger partial charge in [-0.15, -0.1) is 6.42 Å². The molecular weight excluding hydrogens is 324 g/mol. The maximum atomic E-state index is 12.2. The van der Waals surface area contributed by atoms with E-state index in [4.69, 9.17) is 6.42 Å². The van der Waals surface area contributed by atoms with Crippen LogP contribution in [0.3, 0.4) is 0 Å². The molecule has 2 aromatic rings. The van der Waals surface area contributed by atoms with Crippen molar-refractivity contribution in [1.29, 1.82) is 0 Å². The van der Waals surface area contributed by atoms with Crippen molar-refractivity contribution in [3.63, 3.8) is 0 Å². The molecular formula is C22H24N2O2. The second-order valence-electron chi connectivity index (χ2n) is 6.43. The molecule has 0 aliphatic heterocycles. The smallest absolute Gasteiger partial charge is 0.298 e. The Morgan fingerprint density at radius 3 is 1.92 bits per heavy atom. The second-order valence-corrected chi connectivity index (χ2v) is 6.43. The first kappa shape index (κ1) is 19.3. The van der Waals surface area contributed by atoms with Gasteiger partial charge in [0.1, 0.15) is 6.54 Å². The molecule has 0 saturated heterocycles. The zero-order valence-electron chi connectivity index (χ0n) is 15.2. The average molecular weight is 348 g/mol. The Morgan fingerprint density at radius 2 is 1.50 bits per heavy atom. The van der Waals surface area contributed by atoms with Gasteiger partial charge in [0.05, 0.1) is 0 Å². The number of carbonyl (C=O) groups is 2. The molecule has 26 heavy (non-hydrogen) atoms. The standard InChI is InChI=1S/C22H24N2O2/c1-4-22(26)24(16-21(25)23-17(2)3)15-20(18-11-7-5-8-12-18)19-13-9-6-10-14-19/h1,5-14,17,20H,15-16H2,2-3H3,(H,23,25). The van der Waals surface area contributed by atoms with Crippen LogP contribution in [0.25, 0.3) is 0 Å². The van der Waals surface area contributed by atoms with E-state index in [-0.39, 0.29) is 24.4 Å². The maximum absolute atomic E-state index is 12.2. The van der Waals surface area contributed by atoms with Crippen molar-refractivity contribution in [2.45, 2.75) is 25.8 Å². The van der Waals surface area contributed by atoms with Crippen LogP contribution in [-0.2, 0) is 9.59 Å². The number of nitrogens with zero attached hydrogens (tertiary/aromatic N) is 1. The molecule has 0 spiro atoms. The highest BCUT2D eigenvalue weighted by molar-refractivity contribution is 5.95. The van der Waals surface area contributed by atoms with E-state index in [0.29, 0.717) is 6.54 Å². The molecule has 0 aliphatic rings. The number of rotatable bonds is 7. The van der Waals surface area contributed by atoms with Crippen molar-refractivity contribution in [3.8, 4) is 12.3 Å². The van der Waals surface area contributed by atoms with Crippen molar-refractivity contribution in [3.05, 3.63) is 71.8 Å². The predicted molar refractivity (Wildman–Crippen MR) is 103 cm³/mol. The second kappa shape index (κ2) is 9.43. The van der Waals surface area contributed by atoms with E-state index in [2.05, 4.69) is 11.2 Å². The molecule has 0 saturated carbocycles. The summed E-state index contributed by atoms with van der Waals surface area (Å²) >= 11 is 0. The fourth-order valence-corrected chi connectivity index (χ4v) is 2.85. The van der Waals surface area contributed by atoms with Crippen molar-refractivity contribution in [2.75, 3.05) is 13.1 Å². The number of nitrogens with one attached hydrogen (secondary N) is 1. The Bertz CT molecular complexity index is 724. The summed E-state index contributed by atoms with van der Waals surface area (Å²) in [6, 6.07) is 19.8. The molecule has 1 N–H and O–H groups in total. The zero-order chi connectivity index (χ0) is 18.9. The zero-order valence-corrected chi connectivity index (χ0v) is 15.2. The quantitative estimate of drug-likeness (QED) is 0.782. The highest BCUT2D eigenvalue weighted by Crippen LogP contribution is 2.25. The fourth-order valence-electron chi connectivity index (χ4n) is 2.85. The first-order valence-corrected chi connectivity index (χ1v) is 8.66. The van der Waals surface area contributed by atoms with E-state index in [9.17, 15) is 9.59 Å². The first-order valence-electron chi connectivity index (χ1n) is 8.66. The molecule has 2 amide bonds. The fraction of sp³-hybridized carbons (Fsp3) is 0.273. The lowest BCUT2D eigenvalue weighted by atomic mass is 9.90. The largest absolute Gasteiger partial charge is 0.352 e. The van der Waals surface area contributed by atoms with Crippen LogP contribution in [-0.4, -0.2) is 35.8 Å². The lowest BCUT2D eigenvalue weighted by Gasteiger charge is -2.27. The monoisotopic (exact) mass is 348 g/mol. The molecule has 0 unspecified atom stereocenters. The van der Waals surface area contributed by atoms with Gasteiger partial charge in [0.25, 0.3) is 5.91 Å². The van der Waals surface area contributed by atoms with Gasteiger partial charge in [-0.25, -0.2) is 0 Å². The van der Waals surface area contributed by atoms with Gasteiger partial charge in [-0.05, 0) is 30.9 Å². The minimum Gasteiger partial charge on any atom is -0.352 e. The van der Waals surface area contributed by atoms with E-state index in [1.807, 2.05) is 74.5 Å². The third kappa shape index (κ3) is 5.49. The first-order chi connectivity index (χ1) is 12.5. The van der Waals surface area contributed by atoms with Gasteiger partial charge >= 0.3 is 0 Å². The minimum absolute atomic E-state index is 0.00401. The predicted octanol–water partition coefficient (Wildman–Crippen LogP) is 2.80. The molecule has 0 aromatic heterocycles. The highest BCUT2D eigenvalue weighted by Gasteiger charge is 2.23. The summed E-state index contributed by atoms with van der Waals surface area (Å²) in [5, 5.41) is 2.80. The molecule has 0 fully saturated rings. The highest BCUT2D eigenvalue weighted by atomic mass is 16.2. The van der Waals surface area contributed by atoms with Gasteiger partial charge < -0.3 is 10.2 Å². The van der Waals surface area contributed by atoms with Gasteiger partial charge in [-0.2, -0.15) is 0 Å². The lowest BCUT2D eigenvalue weighted by molar-refractivity contribution is -0.132. The topological polar surface area (TPSA) is 49.4 Å². The Morgan fingerprint density at radius 1 is 1.00 bits per heavy atom. The number of amides is 2. The third-order valence-electron chi connectivity index (χ3n) is 4.00. The average Bonchev–Trinajstić information content (AvgIpc) is 2.65. The van der Waals surface area contributed by atoms with Crippen LogP contribution in [0.4, 0.5) is 0 Å². The summed E-state index contributed by atoms with van der Waals surface area (Å²) in [7, 11) is 0. The van der Waals surface area contributed by atoms with E-state index >= 15 is 0 Å². The molecule has 4 heteroatoms. The van der Waals surface area contributed by atoms with Crippen molar-refractivity contribution in [1.82, 2.24) is 10.2 Å². The summed E-state index contributed by atoms with van der Waals surface area (Å²) in [4.78, 5) is 25.8. The summed E-state index contributed by atoms with van der Waals surface area (Å²) < 4.78 is 0. The van der Waals surface area contributed by atoms with Crippen molar-refractivity contribution < 1.29 is 9.59 Å². The molecule has 2 rings (SSSR count). The Kier molecular flexibility index (Phi) is 6.99. The summed E-state index contributed by atoms with van der Waals surface area (Å²) in [6.07, 6.45) is 5.33. The molecule has 4 nitrogen and oxygen atoms in total.